The van der Waals surface area contributed by atoms with E-state index in [2.05, 4.69) is 19.9 Å². The van der Waals surface area contributed by atoms with Crippen LogP contribution in [0.25, 0.3) is 0 Å². The monoisotopic (exact) mass is 746 g/mol. The fourth-order valence-corrected chi connectivity index (χ4v) is 9.29. The standard InChI is InChI=1S/C41H62O12/c1-9-21(2)37-25(6)31(42)19-40(53-37)18-29-16-28(52-40)14-13-23(4)36(51-33-17-32(47-8)35(44)26(7)49-33)22(3)11-10-12-27-20-48-38-34(43)24(5)15-30(39(45)50-29)41(27,38)46/h10-13,15,21-22,25-26,28-38,42-44,46H,9,14,16-20H2,1-8H3/b11-10+,23-13+,27-12+/t21?,22-,25-,26-,28+,29-,30-,31-,32-,33-,34+,35-,36-,37+,38+,40?,41+/m0/s1. The Labute approximate surface area is 314 Å². The zero-order valence-corrected chi connectivity index (χ0v) is 32.6. The molecule has 53 heavy (non-hydrogen) atoms. The Morgan fingerprint density at radius 3 is 2.51 bits per heavy atom. The van der Waals surface area contributed by atoms with E-state index in [1.165, 1.54) is 0 Å². The van der Waals surface area contributed by atoms with Gasteiger partial charge in [0.05, 0.1) is 43.2 Å². The molecule has 4 saturated heterocycles. The fraction of sp³-hybridized carbons (Fsp3) is 0.780. The summed E-state index contributed by atoms with van der Waals surface area (Å²) >= 11 is 0. The molecule has 1 aliphatic carbocycles. The fourth-order valence-electron chi connectivity index (χ4n) is 9.29. The number of methoxy groups -OCH3 is 1. The number of aliphatic hydroxyl groups excluding tert-OH is 3. The molecule has 1 spiro atoms. The SMILES string of the molecule is CCC(C)[C@H]1OC2(C[C@@H]3C[C@@H](C/C=C(\C)[C@@H](O[C@H]4C[C@H](OC)[C@@H](O)[C@H](C)O4)[C@@H](C)/C=C/C=C4\CO[C@@H]5[C@H](O)C(C)=C[C@@H](C(=O)O3)[C@]45O)O2)C[C@H](O)[C@@H]1C. The van der Waals surface area contributed by atoms with E-state index >= 15 is 0 Å². The number of carbonyl (C=O) groups excluding carboxylic acids is 1. The molecule has 17 atom stereocenters. The van der Waals surface area contributed by atoms with E-state index in [1.54, 1.807) is 33.1 Å². The van der Waals surface area contributed by atoms with Crippen LogP contribution in [-0.2, 0) is 38.0 Å². The van der Waals surface area contributed by atoms with Crippen molar-refractivity contribution in [2.45, 2.75) is 166 Å². The molecule has 0 saturated carbocycles. The summed E-state index contributed by atoms with van der Waals surface area (Å²) < 4.78 is 44.3. The Morgan fingerprint density at radius 2 is 1.79 bits per heavy atom. The summed E-state index contributed by atoms with van der Waals surface area (Å²) in [6.07, 6.45) is 4.78. The Kier molecular flexibility index (Phi) is 12.5. The van der Waals surface area contributed by atoms with E-state index < -0.39 is 84.5 Å². The normalized spacial score (nSPS) is 49.8. The van der Waals surface area contributed by atoms with Gasteiger partial charge in [0.2, 0.25) is 0 Å². The average Bonchev–Trinajstić information content (AvgIpc) is 3.46. The highest BCUT2D eigenvalue weighted by Crippen LogP contribution is 2.48. The molecule has 0 radical (unpaired) electrons. The Hall–Kier alpha value is -1.97. The minimum atomic E-state index is -1.84. The molecular weight excluding hydrogens is 684 g/mol. The molecular formula is C41H62O12. The molecule has 5 heterocycles. The van der Waals surface area contributed by atoms with Crippen molar-refractivity contribution in [2.24, 2.45) is 23.7 Å². The highest BCUT2D eigenvalue weighted by molar-refractivity contribution is 5.78. The van der Waals surface area contributed by atoms with E-state index in [0.717, 1.165) is 12.0 Å². The topological polar surface area (TPSA) is 163 Å². The number of aliphatic hydroxyl groups is 4. The molecule has 2 bridgehead atoms. The van der Waals surface area contributed by atoms with Crippen molar-refractivity contribution in [2.75, 3.05) is 13.7 Å². The van der Waals surface area contributed by atoms with Crippen LogP contribution in [0.4, 0.5) is 0 Å². The van der Waals surface area contributed by atoms with Gasteiger partial charge < -0.3 is 53.6 Å². The maximum atomic E-state index is 14.2. The van der Waals surface area contributed by atoms with Crippen molar-refractivity contribution in [3.8, 4) is 0 Å². The molecule has 0 amide bonds. The smallest absolute Gasteiger partial charge is 0.316 e. The van der Waals surface area contributed by atoms with Crippen molar-refractivity contribution in [1.29, 1.82) is 0 Å². The maximum absolute atomic E-state index is 14.2. The highest BCUT2D eigenvalue weighted by Gasteiger charge is 2.60. The van der Waals surface area contributed by atoms with Gasteiger partial charge in [0, 0.05) is 44.6 Å². The van der Waals surface area contributed by atoms with E-state index in [0.29, 0.717) is 30.4 Å². The zero-order valence-electron chi connectivity index (χ0n) is 32.6. The second-order valence-corrected chi connectivity index (χ2v) is 16.6. The maximum Gasteiger partial charge on any atom is 0.316 e. The van der Waals surface area contributed by atoms with Gasteiger partial charge in [-0.05, 0) is 49.8 Å². The van der Waals surface area contributed by atoms with Gasteiger partial charge in [0.15, 0.2) is 12.1 Å². The summed E-state index contributed by atoms with van der Waals surface area (Å²) in [5.41, 5.74) is 0.0738. The number of hydrogen-bond donors (Lipinski definition) is 4. The summed E-state index contributed by atoms with van der Waals surface area (Å²) in [7, 11) is 1.57. The zero-order chi connectivity index (χ0) is 38.4. The lowest BCUT2D eigenvalue weighted by Crippen LogP contribution is -2.60. The number of allylic oxidation sites excluding steroid dienone is 2. The lowest BCUT2D eigenvalue weighted by molar-refractivity contribution is -0.354. The van der Waals surface area contributed by atoms with Gasteiger partial charge in [-0.2, -0.15) is 0 Å². The van der Waals surface area contributed by atoms with Crippen LogP contribution in [0.15, 0.2) is 47.1 Å². The minimum absolute atomic E-state index is 0.0264. The van der Waals surface area contributed by atoms with Crippen LogP contribution in [0.5, 0.6) is 0 Å². The van der Waals surface area contributed by atoms with Gasteiger partial charge in [0.25, 0.3) is 0 Å². The second-order valence-electron chi connectivity index (χ2n) is 16.6. The summed E-state index contributed by atoms with van der Waals surface area (Å²) in [5, 5.41) is 45.5. The number of rotatable bonds is 5. The van der Waals surface area contributed by atoms with Crippen LogP contribution in [0.3, 0.4) is 0 Å². The molecule has 0 aromatic carbocycles. The van der Waals surface area contributed by atoms with Gasteiger partial charge in [-0.1, -0.05) is 64.5 Å². The van der Waals surface area contributed by atoms with Gasteiger partial charge in [-0.25, -0.2) is 0 Å². The minimum Gasteiger partial charge on any atom is -0.462 e. The third-order valence-electron chi connectivity index (χ3n) is 12.8. The lowest BCUT2D eigenvalue weighted by atomic mass is 9.71. The van der Waals surface area contributed by atoms with E-state index in [-0.39, 0.29) is 43.3 Å². The Morgan fingerprint density at radius 1 is 1.04 bits per heavy atom. The van der Waals surface area contributed by atoms with E-state index in [1.807, 2.05) is 32.9 Å². The molecule has 6 rings (SSSR count). The van der Waals surface area contributed by atoms with Gasteiger partial charge in [-0.3, -0.25) is 4.79 Å². The molecule has 4 N–H and O–H groups in total. The van der Waals surface area contributed by atoms with E-state index in [4.69, 9.17) is 33.2 Å². The van der Waals surface area contributed by atoms with Gasteiger partial charge in [-0.15, -0.1) is 0 Å². The first-order valence-corrected chi connectivity index (χ1v) is 19.6. The van der Waals surface area contributed by atoms with Gasteiger partial charge in [0.1, 0.15) is 35.9 Å². The highest BCUT2D eigenvalue weighted by atomic mass is 16.7. The molecule has 6 aliphatic rings. The number of hydrogen-bond acceptors (Lipinski definition) is 12. The summed E-state index contributed by atoms with van der Waals surface area (Å²) in [6, 6.07) is 0. The van der Waals surface area contributed by atoms with E-state index in [9.17, 15) is 25.2 Å². The van der Waals surface area contributed by atoms with Crippen molar-refractivity contribution in [1.82, 2.24) is 0 Å². The van der Waals surface area contributed by atoms with Crippen molar-refractivity contribution >= 4 is 5.97 Å². The average molecular weight is 747 g/mol. The third kappa shape index (κ3) is 8.01. The predicted octanol–water partition coefficient (Wildman–Crippen LogP) is 4.04. The molecule has 4 fully saturated rings. The van der Waals surface area contributed by atoms with Crippen LogP contribution in [0.2, 0.25) is 0 Å². The molecule has 0 aromatic rings. The molecule has 12 nitrogen and oxygen atoms in total. The molecule has 0 aromatic heterocycles. The number of ether oxygens (including phenoxy) is 7. The molecule has 5 aliphatic heterocycles. The van der Waals surface area contributed by atoms with Crippen molar-refractivity contribution in [3.63, 3.8) is 0 Å². The van der Waals surface area contributed by atoms with Crippen LogP contribution >= 0.6 is 0 Å². The first kappa shape index (κ1) is 40.7. The first-order valence-electron chi connectivity index (χ1n) is 19.6. The third-order valence-corrected chi connectivity index (χ3v) is 12.8. The first-order chi connectivity index (χ1) is 25.1. The lowest BCUT2D eigenvalue weighted by Gasteiger charge is -2.52. The van der Waals surface area contributed by atoms with Crippen LogP contribution in [-0.4, -0.2) is 119 Å². The van der Waals surface area contributed by atoms with Crippen LogP contribution < -0.4 is 0 Å². The van der Waals surface area contributed by atoms with Crippen molar-refractivity contribution < 1.29 is 58.4 Å². The second kappa shape index (κ2) is 16.3. The number of carbonyl (C=O) groups is 1. The van der Waals surface area contributed by atoms with Crippen molar-refractivity contribution in [3.05, 3.63) is 47.1 Å². The van der Waals surface area contributed by atoms with Crippen LogP contribution in [0, 0.1) is 23.7 Å². The largest absolute Gasteiger partial charge is 0.462 e. The summed E-state index contributed by atoms with van der Waals surface area (Å²) in [5.74, 6) is -3.06. The summed E-state index contributed by atoms with van der Waals surface area (Å²) in [4.78, 5) is 14.2. The quantitative estimate of drug-likeness (QED) is 0.237. The summed E-state index contributed by atoms with van der Waals surface area (Å²) in [6.45, 7) is 13.8. The molecule has 298 valence electrons. The number of esters is 1. The number of fused-ring (bicyclic) bond motifs is 2. The predicted molar refractivity (Wildman–Crippen MR) is 194 cm³/mol. The van der Waals surface area contributed by atoms with Gasteiger partial charge >= 0.3 is 5.97 Å². The molecule has 2 unspecified atom stereocenters. The van der Waals surface area contributed by atoms with Crippen LogP contribution in [0.1, 0.15) is 87.0 Å². The Bertz CT molecular complexity index is 1440. The molecule has 12 heteroatoms. The Balaban J connectivity index is 1.39.